The molecule has 0 atom stereocenters. The Morgan fingerprint density at radius 3 is 2.33 bits per heavy atom. The summed E-state index contributed by atoms with van der Waals surface area (Å²) in [5.41, 5.74) is 3.73. The number of aromatic hydroxyl groups is 1. The number of hydrogen-bond donors (Lipinski definition) is 1. The van der Waals surface area contributed by atoms with Crippen LogP contribution in [-0.2, 0) is 6.54 Å². The van der Waals surface area contributed by atoms with Crippen LogP contribution in [-0.4, -0.2) is 14.9 Å². The first kappa shape index (κ1) is 12.7. The van der Waals surface area contributed by atoms with Gasteiger partial charge >= 0.3 is 0 Å². The van der Waals surface area contributed by atoms with Gasteiger partial charge in [0.05, 0.1) is 0 Å². The van der Waals surface area contributed by atoms with Crippen molar-refractivity contribution in [3.8, 4) is 17.0 Å². The second-order valence-electron chi connectivity index (χ2n) is 5.22. The van der Waals surface area contributed by atoms with Crippen LogP contribution >= 0.6 is 0 Å². The summed E-state index contributed by atoms with van der Waals surface area (Å²) in [4.78, 5) is 0. The van der Waals surface area contributed by atoms with Crippen molar-refractivity contribution in [2.45, 2.75) is 34.2 Å². The van der Waals surface area contributed by atoms with Crippen LogP contribution in [0.15, 0.2) is 24.3 Å². The first-order valence-electron chi connectivity index (χ1n) is 6.32. The Morgan fingerprint density at radius 2 is 1.78 bits per heavy atom. The molecule has 96 valence electrons. The normalized spacial score (nSPS) is 11.2. The highest BCUT2D eigenvalue weighted by Crippen LogP contribution is 2.32. The van der Waals surface area contributed by atoms with Crippen LogP contribution in [0.25, 0.3) is 11.3 Å². The quantitative estimate of drug-likeness (QED) is 0.897. The third kappa shape index (κ3) is 2.40. The molecule has 0 bridgehead atoms. The SMILES string of the molecule is Cc1ccc(-c2c(O)c(C)nn2CC(C)C)cc1. The van der Waals surface area contributed by atoms with Gasteiger partial charge < -0.3 is 5.11 Å². The smallest absolute Gasteiger partial charge is 0.164 e. The molecule has 3 heteroatoms. The molecule has 18 heavy (non-hydrogen) atoms. The van der Waals surface area contributed by atoms with Gasteiger partial charge in [-0.25, -0.2) is 0 Å². The molecular weight excluding hydrogens is 224 g/mol. The highest BCUT2D eigenvalue weighted by Gasteiger charge is 2.16. The van der Waals surface area contributed by atoms with Gasteiger partial charge in [0.15, 0.2) is 5.75 Å². The summed E-state index contributed by atoms with van der Waals surface area (Å²) in [6.45, 7) is 8.99. The molecule has 0 aliphatic heterocycles. The maximum absolute atomic E-state index is 10.2. The summed E-state index contributed by atoms with van der Waals surface area (Å²) >= 11 is 0. The lowest BCUT2D eigenvalue weighted by molar-refractivity contribution is 0.467. The van der Waals surface area contributed by atoms with Gasteiger partial charge in [-0.2, -0.15) is 5.10 Å². The van der Waals surface area contributed by atoms with E-state index in [4.69, 9.17) is 0 Å². The van der Waals surface area contributed by atoms with Crippen LogP contribution in [0.4, 0.5) is 0 Å². The maximum Gasteiger partial charge on any atom is 0.164 e. The van der Waals surface area contributed by atoms with Gasteiger partial charge in [-0.05, 0) is 19.8 Å². The zero-order valence-electron chi connectivity index (χ0n) is 11.4. The van der Waals surface area contributed by atoms with Gasteiger partial charge in [0.1, 0.15) is 11.4 Å². The Bertz CT molecular complexity index is 538. The molecule has 1 aromatic carbocycles. The van der Waals surface area contributed by atoms with E-state index in [1.165, 1.54) is 5.56 Å². The molecule has 0 saturated heterocycles. The Kier molecular flexibility index (Phi) is 3.41. The number of benzene rings is 1. The Morgan fingerprint density at radius 1 is 1.17 bits per heavy atom. The minimum absolute atomic E-state index is 0.291. The summed E-state index contributed by atoms with van der Waals surface area (Å²) in [5.74, 6) is 0.785. The molecule has 0 saturated carbocycles. The second kappa shape index (κ2) is 4.84. The summed E-state index contributed by atoms with van der Waals surface area (Å²) in [6, 6.07) is 8.16. The summed E-state index contributed by atoms with van der Waals surface area (Å²) in [6.07, 6.45) is 0. The summed E-state index contributed by atoms with van der Waals surface area (Å²) in [7, 11) is 0. The molecule has 0 aliphatic carbocycles. The van der Waals surface area contributed by atoms with Crippen LogP contribution < -0.4 is 0 Å². The van der Waals surface area contributed by atoms with Crippen molar-refractivity contribution in [2.24, 2.45) is 5.92 Å². The predicted octanol–water partition coefficient (Wildman–Crippen LogP) is 3.53. The average molecular weight is 244 g/mol. The summed E-state index contributed by atoms with van der Waals surface area (Å²) in [5, 5.41) is 14.6. The zero-order chi connectivity index (χ0) is 13.3. The molecule has 0 unspecified atom stereocenters. The average Bonchev–Trinajstić information content (AvgIpc) is 2.55. The van der Waals surface area contributed by atoms with Crippen molar-refractivity contribution in [1.82, 2.24) is 9.78 Å². The molecule has 1 aromatic heterocycles. The minimum atomic E-state index is 0.291. The van der Waals surface area contributed by atoms with Crippen LogP contribution in [0.2, 0.25) is 0 Å². The first-order chi connectivity index (χ1) is 8.49. The Hall–Kier alpha value is -1.77. The molecule has 2 aromatic rings. The molecule has 1 heterocycles. The van der Waals surface area contributed by atoms with E-state index in [1.807, 2.05) is 23.7 Å². The van der Waals surface area contributed by atoms with Crippen molar-refractivity contribution >= 4 is 0 Å². The lowest BCUT2D eigenvalue weighted by Crippen LogP contribution is -2.07. The third-order valence-corrected chi connectivity index (χ3v) is 2.96. The van der Waals surface area contributed by atoms with Gasteiger partial charge in [0.2, 0.25) is 0 Å². The van der Waals surface area contributed by atoms with E-state index in [1.54, 1.807) is 0 Å². The topological polar surface area (TPSA) is 38.1 Å². The minimum Gasteiger partial charge on any atom is -0.504 e. The van der Waals surface area contributed by atoms with Crippen LogP contribution in [0.3, 0.4) is 0 Å². The van der Waals surface area contributed by atoms with Crippen molar-refractivity contribution in [1.29, 1.82) is 0 Å². The fourth-order valence-corrected chi connectivity index (χ4v) is 2.05. The highest BCUT2D eigenvalue weighted by atomic mass is 16.3. The number of aryl methyl sites for hydroxylation is 2. The summed E-state index contributed by atoms with van der Waals surface area (Å²) < 4.78 is 1.90. The van der Waals surface area contributed by atoms with Gasteiger partial charge in [-0.15, -0.1) is 0 Å². The maximum atomic E-state index is 10.2. The molecule has 0 spiro atoms. The van der Waals surface area contributed by atoms with E-state index in [-0.39, 0.29) is 0 Å². The van der Waals surface area contributed by atoms with Crippen molar-refractivity contribution in [3.05, 3.63) is 35.5 Å². The predicted molar refractivity (Wildman–Crippen MR) is 73.6 cm³/mol. The molecule has 0 aliphatic rings. The number of rotatable bonds is 3. The zero-order valence-corrected chi connectivity index (χ0v) is 11.4. The molecular formula is C15H20N2O. The first-order valence-corrected chi connectivity index (χ1v) is 6.32. The van der Waals surface area contributed by atoms with E-state index in [9.17, 15) is 5.11 Å². The Labute approximate surface area is 108 Å². The van der Waals surface area contributed by atoms with Gasteiger partial charge in [0.25, 0.3) is 0 Å². The molecule has 3 nitrogen and oxygen atoms in total. The largest absolute Gasteiger partial charge is 0.504 e. The lowest BCUT2D eigenvalue weighted by Gasteiger charge is -2.10. The Balaban J connectivity index is 2.51. The number of aromatic nitrogens is 2. The fraction of sp³-hybridized carbons (Fsp3) is 0.400. The van der Waals surface area contributed by atoms with Gasteiger partial charge in [-0.1, -0.05) is 43.7 Å². The van der Waals surface area contributed by atoms with Crippen LogP contribution in [0.1, 0.15) is 25.1 Å². The molecule has 2 rings (SSSR count). The van der Waals surface area contributed by atoms with E-state index in [2.05, 4.69) is 38.0 Å². The van der Waals surface area contributed by atoms with Crippen LogP contribution in [0, 0.1) is 19.8 Å². The second-order valence-corrected chi connectivity index (χ2v) is 5.22. The van der Waals surface area contributed by atoms with Gasteiger partial charge in [0, 0.05) is 12.1 Å². The fourth-order valence-electron chi connectivity index (χ4n) is 2.05. The molecule has 1 N–H and O–H groups in total. The van der Waals surface area contributed by atoms with Crippen LogP contribution in [0.5, 0.6) is 5.75 Å². The number of hydrogen-bond acceptors (Lipinski definition) is 2. The molecule has 0 amide bonds. The van der Waals surface area contributed by atoms with Crippen molar-refractivity contribution in [3.63, 3.8) is 0 Å². The van der Waals surface area contributed by atoms with E-state index in [0.29, 0.717) is 17.4 Å². The standard InChI is InChI=1S/C15H20N2O/c1-10(2)9-17-14(15(18)12(4)16-17)13-7-5-11(3)6-8-13/h5-8,10,18H,9H2,1-4H3. The molecule has 0 fully saturated rings. The van der Waals surface area contributed by atoms with E-state index < -0.39 is 0 Å². The highest BCUT2D eigenvalue weighted by molar-refractivity contribution is 5.67. The number of nitrogens with zero attached hydrogens (tertiary/aromatic N) is 2. The third-order valence-electron chi connectivity index (χ3n) is 2.96. The lowest BCUT2D eigenvalue weighted by atomic mass is 10.1. The van der Waals surface area contributed by atoms with Gasteiger partial charge in [-0.3, -0.25) is 4.68 Å². The van der Waals surface area contributed by atoms with Crippen molar-refractivity contribution in [2.75, 3.05) is 0 Å². The monoisotopic (exact) mass is 244 g/mol. The van der Waals surface area contributed by atoms with E-state index >= 15 is 0 Å². The van der Waals surface area contributed by atoms with E-state index in [0.717, 1.165) is 17.8 Å². The molecule has 0 radical (unpaired) electrons. The van der Waals surface area contributed by atoms with Crippen molar-refractivity contribution < 1.29 is 5.11 Å².